The molecule has 1 aromatic heterocycles. The quantitative estimate of drug-likeness (QED) is 0.748. The first kappa shape index (κ1) is 17.9. The molecule has 0 N–H and O–H groups in total. The molecule has 0 atom stereocenters. The van der Waals surface area contributed by atoms with Crippen LogP contribution in [-0.2, 0) is 0 Å². The number of likely N-dealkylation sites (N-methyl/N-ethyl adjacent to an activating group) is 1. The Bertz CT molecular complexity index is 742. The summed E-state index contributed by atoms with van der Waals surface area (Å²) >= 11 is 0. The average Bonchev–Trinajstić information content (AvgIpc) is 2.86. The minimum absolute atomic E-state index is 0.0494. The van der Waals surface area contributed by atoms with E-state index in [2.05, 4.69) is 11.1 Å². The first-order chi connectivity index (χ1) is 11.4. The second-order valence-corrected chi connectivity index (χ2v) is 6.09. The summed E-state index contributed by atoms with van der Waals surface area (Å²) in [6, 6.07) is 9.81. The summed E-state index contributed by atoms with van der Waals surface area (Å²) in [4.78, 5) is 14.7. The third kappa shape index (κ3) is 3.53. The van der Waals surface area contributed by atoms with E-state index in [1.165, 1.54) is 0 Å². The van der Waals surface area contributed by atoms with Gasteiger partial charge in [0.25, 0.3) is 5.91 Å². The Morgan fingerprint density at radius 1 is 1.25 bits per heavy atom. The summed E-state index contributed by atoms with van der Waals surface area (Å²) in [5.74, 6) is 0.865. The van der Waals surface area contributed by atoms with Crippen LogP contribution in [0.3, 0.4) is 0 Å². The number of nitrogens with zero attached hydrogens (tertiary/aromatic N) is 2. The zero-order valence-corrected chi connectivity index (χ0v) is 15.2. The van der Waals surface area contributed by atoms with E-state index in [0.717, 1.165) is 34.0 Å². The Kier molecular flexibility index (Phi) is 5.50. The van der Waals surface area contributed by atoms with Gasteiger partial charge < -0.3 is 14.2 Å². The fourth-order valence-electron chi connectivity index (χ4n) is 2.93. The molecule has 0 aliphatic heterocycles. The third-order valence-corrected chi connectivity index (χ3v) is 4.12. The van der Waals surface area contributed by atoms with Crippen LogP contribution in [0.5, 0.6) is 5.75 Å². The minimum atomic E-state index is 0.0494. The highest BCUT2D eigenvalue weighted by Gasteiger charge is 2.21. The van der Waals surface area contributed by atoms with E-state index in [9.17, 15) is 4.79 Å². The lowest BCUT2D eigenvalue weighted by atomic mass is 10.2. The molecule has 0 saturated heterocycles. The van der Waals surface area contributed by atoms with E-state index in [-0.39, 0.29) is 5.91 Å². The molecular formula is C20H26N2O2. The van der Waals surface area contributed by atoms with E-state index in [0.29, 0.717) is 13.1 Å². The predicted molar refractivity (Wildman–Crippen MR) is 98.2 cm³/mol. The van der Waals surface area contributed by atoms with Crippen LogP contribution >= 0.6 is 0 Å². The summed E-state index contributed by atoms with van der Waals surface area (Å²) in [6.45, 7) is 13.1. The molecule has 2 rings (SSSR count). The molecule has 0 fully saturated rings. The zero-order chi connectivity index (χ0) is 17.9. The van der Waals surface area contributed by atoms with Crippen LogP contribution in [0.2, 0.25) is 0 Å². The molecule has 0 bridgehead atoms. The maximum Gasteiger partial charge on any atom is 0.255 e. The fraction of sp³-hybridized carbons (Fsp3) is 0.350. The van der Waals surface area contributed by atoms with E-state index in [1.54, 1.807) is 7.11 Å². The van der Waals surface area contributed by atoms with Crippen molar-refractivity contribution in [1.29, 1.82) is 0 Å². The number of hydrogen-bond donors (Lipinski definition) is 0. The van der Waals surface area contributed by atoms with Crippen LogP contribution in [-0.4, -0.2) is 35.6 Å². The van der Waals surface area contributed by atoms with Crippen LogP contribution in [0.15, 0.2) is 42.5 Å². The summed E-state index contributed by atoms with van der Waals surface area (Å²) in [6.07, 6.45) is 0. The highest BCUT2D eigenvalue weighted by Crippen LogP contribution is 2.24. The summed E-state index contributed by atoms with van der Waals surface area (Å²) < 4.78 is 7.31. The second-order valence-electron chi connectivity index (χ2n) is 6.09. The smallest absolute Gasteiger partial charge is 0.255 e. The lowest BCUT2D eigenvalue weighted by Gasteiger charge is -2.21. The van der Waals surface area contributed by atoms with Gasteiger partial charge in [-0.05, 0) is 58.0 Å². The van der Waals surface area contributed by atoms with Gasteiger partial charge in [-0.15, -0.1) is 0 Å². The van der Waals surface area contributed by atoms with Gasteiger partial charge in [-0.25, -0.2) is 0 Å². The Balaban J connectivity index is 2.40. The molecule has 4 heteroatoms. The van der Waals surface area contributed by atoms with Crippen molar-refractivity contribution >= 4 is 5.91 Å². The van der Waals surface area contributed by atoms with E-state index in [1.807, 2.05) is 62.9 Å². The van der Waals surface area contributed by atoms with Crippen molar-refractivity contribution in [3.05, 3.63) is 59.4 Å². The summed E-state index contributed by atoms with van der Waals surface area (Å²) in [5, 5.41) is 0. The van der Waals surface area contributed by atoms with E-state index in [4.69, 9.17) is 4.74 Å². The molecule has 2 aromatic rings. The van der Waals surface area contributed by atoms with Crippen molar-refractivity contribution in [3.8, 4) is 11.4 Å². The number of rotatable bonds is 6. The standard InChI is InChI=1S/C20H26N2O2/c1-7-21(13-14(2)3)20(23)19-12-15(4)22(16(19)5)17-8-10-18(24-6)11-9-17/h8-12H,2,7,13H2,1,3-6H3. The highest BCUT2D eigenvalue weighted by molar-refractivity contribution is 5.96. The number of benzene rings is 1. The number of amides is 1. The van der Waals surface area contributed by atoms with Crippen LogP contribution in [0, 0.1) is 13.8 Å². The lowest BCUT2D eigenvalue weighted by Crippen LogP contribution is -2.32. The molecule has 1 heterocycles. The van der Waals surface area contributed by atoms with Gasteiger partial charge in [-0.2, -0.15) is 0 Å². The largest absolute Gasteiger partial charge is 0.497 e. The number of methoxy groups -OCH3 is 1. The molecule has 128 valence electrons. The van der Waals surface area contributed by atoms with Crippen molar-refractivity contribution in [1.82, 2.24) is 9.47 Å². The SMILES string of the molecule is C=C(C)CN(CC)C(=O)c1cc(C)n(-c2ccc(OC)cc2)c1C. The molecule has 1 aromatic carbocycles. The number of carbonyl (C=O) groups excluding carboxylic acids is 1. The number of hydrogen-bond acceptors (Lipinski definition) is 2. The Hall–Kier alpha value is -2.49. The minimum Gasteiger partial charge on any atom is -0.497 e. The van der Waals surface area contributed by atoms with E-state index < -0.39 is 0 Å². The van der Waals surface area contributed by atoms with Crippen molar-refractivity contribution in [2.24, 2.45) is 0 Å². The van der Waals surface area contributed by atoms with Gasteiger partial charge in [0.05, 0.1) is 12.7 Å². The molecule has 0 spiro atoms. The molecular weight excluding hydrogens is 300 g/mol. The lowest BCUT2D eigenvalue weighted by molar-refractivity contribution is 0.0777. The van der Waals surface area contributed by atoms with Crippen LogP contribution < -0.4 is 4.74 Å². The van der Waals surface area contributed by atoms with Gasteiger partial charge in [0.1, 0.15) is 5.75 Å². The second kappa shape index (κ2) is 7.39. The first-order valence-corrected chi connectivity index (χ1v) is 8.16. The van der Waals surface area contributed by atoms with Crippen LogP contribution in [0.4, 0.5) is 0 Å². The molecule has 0 unspecified atom stereocenters. The van der Waals surface area contributed by atoms with Crippen LogP contribution in [0.1, 0.15) is 35.6 Å². The van der Waals surface area contributed by atoms with Crippen LogP contribution in [0.25, 0.3) is 5.69 Å². The normalized spacial score (nSPS) is 10.5. The Labute approximate surface area is 144 Å². The maximum atomic E-state index is 12.9. The van der Waals surface area contributed by atoms with Crippen molar-refractivity contribution < 1.29 is 9.53 Å². The number of ether oxygens (including phenoxy) is 1. The van der Waals surface area contributed by atoms with Gasteiger partial charge in [0.2, 0.25) is 0 Å². The Morgan fingerprint density at radius 2 is 1.88 bits per heavy atom. The number of aromatic nitrogens is 1. The third-order valence-electron chi connectivity index (χ3n) is 4.12. The highest BCUT2D eigenvalue weighted by atomic mass is 16.5. The molecule has 0 saturated carbocycles. The molecule has 0 aliphatic carbocycles. The van der Waals surface area contributed by atoms with Crippen molar-refractivity contribution in [2.75, 3.05) is 20.2 Å². The van der Waals surface area contributed by atoms with Gasteiger partial charge in [-0.1, -0.05) is 12.2 Å². The van der Waals surface area contributed by atoms with E-state index >= 15 is 0 Å². The van der Waals surface area contributed by atoms with Gasteiger partial charge >= 0.3 is 0 Å². The molecule has 0 aliphatic rings. The van der Waals surface area contributed by atoms with Crippen molar-refractivity contribution in [2.45, 2.75) is 27.7 Å². The van der Waals surface area contributed by atoms with Crippen molar-refractivity contribution in [3.63, 3.8) is 0 Å². The number of carbonyl (C=O) groups is 1. The van der Waals surface area contributed by atoms with Gasteiger partial charge in [0.15, 0.2) is 0 Å². The molecule has 1 amide bonds. The monoisotopic (exact) mass is 326 g/mol. The first-order valence-electron chi connectivity index (χ1n) is 8.16. The molecule has 0 radical (unpaired) electrons. The summed E-state index contributed by atoms with van der Waals surface area (Å²) in [5.41, 5.74) is 4.73. The summed E-state index contributed by atoms with van der Waals surface area (Å²) in [7, 11) is 1.65. The molecule has 24 heavy (non-hydrogen) atoms. The zero-order valence-electron chi connectivity index (χ0n) is 15.2. The van der Waals surface area contributed by atoms with Gasteiger partial charge in [0, 0.05) is 30.2 Å². The predicted octanol–water partition coefficient (Wildman–Crippen LogP) is 4.14. The fourth-order valence-corrected chi connectivity index (χ4v) is 2.93. The van der Waals surface area contributed by atoms with Gasteiger partial charge in [-0.3, -0.25) is 4.79 Å². The number of aryl methyl sites for hydroxylation is 1. The maximum absolute atomic E-state index is 12.9. The topological polar surface area (TPSA) is 34.5 Å². The molecule has 4 nitrogen and oxygen atoms in total. The average molecular weight is 326 g/mol. The Morgan fingerprint density at radius 3 is 2.38 bits per heavy atom.